The van der Waals surface area contributed by atoms with Gasteiger partial charge in [-0.3, -0.25) is 0 Å². The molecule has 1 rings (SSSR count). The summed E-state index contributed by atoms with van der Waals surface area (Å²) in [4.78, 5) is 2.49. The molecular formula is C13H28N2. The Morgan fingerprint density at radius 2 is 1.93 bits per heavy atom. The van der Waals surface area contributed by atoms with Crippen molar-refractivity contribution in [2.75, 3.05) is 26.2 Å². The van der Waals surface area contributed by atoms with E-state index in [1.807, 2.05) is 0 Å². The molecule has 0 aliphatic heterocycles. The first kappa shape index (κ1) is 13.0. The Balaban J connectivity index is 2.08. The van der Waals surface area contributed by atoms with Crippen LogP contribution < -0.4 is 5.32 Å². The third kappa shape index (κ3) is 4.98. The summed E-state index contributed by atoms with van der Waals surface area (Å²) >= 11 is 0. The molecule has 0 aromatic rings. The average molecular weight is 212 g/mol. The third-order valence-electron chi connectivity index (χ3n) is 3.69. The summed E-state index contributed by atoms with van der Waals surface area (Å²) in [7, 11) is 0. The van der Waals surface area contributed by atoms with Gasteiger partial charge in [0.15, 0.2) is 0 Å². The van der Waals surface area contributed by atoms with E-state index in [1.54, 1.807) is 0 Å². The quantitative estimate of drug-likeness (QED) is 0.728. The molecule has 0 aromatic heterocycles. The van der Waals surface area contributed by atoms with E-state index >= 15 is 0 Å². The molecule has 0 heterocycles. The second-order valence-electron chi connectivity index (χ2n) is 4.95. The average Bonchev–Trinajstić information content (AvgIpc) is 2.25. The molecule has 1 aliphatic carbocycles. The van der Waals surface area contributed by atoms with Gasteiger partial charge in [-0.15, -0.1) is 0 Å². The van der Waals surface area contributed by atoms with Crippen LogP contribution in [0.5, 0.6) is 0 Å². The molecule has 1 N–H and O–H groups in total. The molecule has 1 aliphatic rings. The SMILES string of the molecule is CCN(CC)CCN[C@H]1CCC[C@@H](C)C1. The molecule has 2 heteroatoms. The van der Waals surface area contributed by atoms with Crippen LogP contribution in [0.4, 0.5) is 0 Å². The van der Waals surface area contributed by atoms with Crippen LogP contribution in [0.2, 0.25) is 0 Å². The van der Waals surface area contributed by atoms with E-state index in [0.717, 1.165) is 12.0 Å². The van der Waals surface area contributed by atoms with Crippen molar-refractivity contribution in [1.29, 1.82) is 0 Å². The predicted molar refractivity (Wildman–Crippen MR) is 67.2 cm³/mol. The maximum atomic E-state index is 3.71. The minimum absolute atomic E-state index is 0.796. The second kappa shape index (κ2) is 7.24. The van der Waals surface area contributed by atoms with Crippen molar-refractivity contribution in [3.8, 4) is 0 Å². The molecule has 15 heavy (non-hydrogen) atoms. The van der Waals surface area contributed by atoms with Crippen LogP contribution >= 0.6 is 0 Å². The van der Waals surface area contributed by atoms with Crippen LogP contribution in [0, 0.1) is 5.92 Å². The largest absolute Gasteiger partial charge is 0.313 e. The second-order valence-corrected chi connectivity index (χ2v) is 4.95. The highest BCUT2D eigenvalue weighted by Crippen LogP contribution is 2.23. The lowest BCUT2D eigenvalue weighted by Gasteiger charge is -2.28. The highest BCUT2D eigenvalue weighted by molar-refractivity contribution is 4.76. The fourth-order valence-electron chi connectivity index (χ4n) is 2.59. The summed E-state index contributed by atoms with van der Waals surface area (Å²) in [6.07, 6.45) is 5.64. The molecule has 0 unspecified atom stereocenters. The lowest BCUT2D eigenvalue weighted by molar-refractivity contribution is 0.266. The third-order valence-corrected chi connectivity index (χ3v) is 3.69. The van der Waals surface area contributed by atoms with E-state index in [-0.39, 0.29) is 0 Å². The van der Waals surface area contributed by atoms with Crippen LogP contribution in [0.15, 0.2) is 0 Å². The summed E-state index contributed by atoms with van der Waals surface area (Å²) in [5, 5.41) is 3.71. The zero-order valence-corrected chi connectivity index (χ0v) is 10.8. The van der Waals surface area contributed by atoms with Crippen LogP contribution in [-0.2, 0) is 0 Å². The Bertz CT molecular complexity index is 155. The van der Waals surface area contributed by atoms with Gasteiger partial charge in [0.05, 0.1) is 0 Å². The summed E-state index contributed by atoms with van der Waals surface area (Å²) in [5.74, 6) is 0.935. The molecule has 0 radical (unpaired) electrons. The highest BCUT2D eigenvalue weighted by Gasteiger charge is 2.17. The van der Waals surface area contributed by atoms with Crippen molar-refractivity contribution in [3.63, 3.8) is 0 Å². The molecule has 0 bridgehead atoms. The minimum Gasteiger partial charge on any atom is -0.313 e. The van der Waals surface area contributed by atoms with Gasteiger partial charge in [0.25, 0.3) is 0 Å². The van der Waals surface area contributed by atoms with E-state index in [1.165, 1.54) is 51.9 Å². The molecular weight excluding hydrogens is 184 g/mol. The van der Waals surface area contributed by atoms with Crippen LogP contribution in [0.3, 0.4) is 0 Å². The molecule has 90 valence electrons. The van der Waals surface area contributed by atoms with Gasteiger partial charge in [0.2, 0.25) is 0 Å². The van der Waals surface area contributed by atoms with E-state index < -0.39 is 0 Å². The van der Waals surface area contributed by atoms with Gasteiger partial charge in [-0.2, -0.15) is 0 Å². The Morgan fingerprint density at radius 1 is 1.20 bits per heavy atom. The molecule has 2 nitrogen and oxygen atoms in total. The molecule has 0 amide bonds. The Morgan fingerprint density at radius 3 is 2.53 bits per heavy atom. The first-order valence-electron chi connectivity index (χ1n) is 6.72. The molecule has 0 spiro atoms. The summed E-state index contributed by atoms with van der Waals surface area (Å²) in [6.45, 7) is 11.6. The van der Waals surface area contributed by atoms with Gasteiger partial charge >= 0.3 is 0 Å². The van der Waals surface area contributed by atoms with Crippen LogP contribution in [-0.4, -0.2) is 37.1 Å². The van der Waals surface area contributed by atoms with Crippen molar-refractivity contribution >= 4 is 0 Å². The van der Waals surface area contributed by atoms with Crippen molar-refractivity contribution in [3.05, 3.63) is 0 Å². The Labute approximate surface area is 95.4 Å². The Hall–Kier alpha value is -0.0800. The number of hydrogen-bond donors (Lipinski definition) is 1. The monoisotopic (exact) mass is 212 g/mol. The molecule has 1 saturated carbocycles. The Kier molecular flexibility index (Phi) is 6.26. The van der Waals surface area contributed by atoms with Gasteiger partial charge in [0, 0.05) is 19.1 Å². The smallest absolute Gasteiger partial charge is 0.0107 e. The fraction of sp³-hybridized carbons (Fsp3) is 1.00. The zero-order valence-electron chi connectivity index (χ0n) is 10.8. The van der Waals surface area contributed by atoms with Crippen molar-refractivity contribution < 1.29 is 0 Å². The van der Waals surface area contributed by atoms with E-state index in [4.69, 9.17) is 0 Å². The van der Waals surface area contributed by atoms with Crippen molar-refractivity contribution in [1.82, 2.24) is 10.2 Å². The summed E-state index contributed by atoms with van der Waals surface area (Å²) in [6, 6.07) is 0.796. The highest BCUT2D eigenvalue weighted by atomic mass is 15.1. The summed E-state index contributed by atoms with van der Waals surface area (Å²) < 4.78 is 0. The first-order chi connectivity index (χ1) is 7.26. The lowest BCUT2D eigenvalue weighted by atomic mass is 9.87. The topological polar surface area (TPSA) is 15.3 Å². The van der Waals surface area contributed by atoms with Gasteiger partial charge in [-0.1, -0.05) is 33.6 Å². The number of hydrogen-bond acceptors (Lipinski definition) is 2. The van der Waals surface area contributed by atoms with Gasteiger partial charge < -0.3 is 10.2 Å². The van der Waals surface area contributed by atoms with E-state index in [9.17, 15) is 0 Å². The van der Waals surface area contributed by atoms with Crippen molar-refractivity contribution in [2.24, 2.45) is 5.92 Å². The maximum Gasteiger partial charge on any atom is 0.0107 e. The number of nitrogens with zero attached hydrogens (tertiary/aromatic N) is 1. The number of likely N-dealkylation sites (N-methyl/N-ethyl adjacent to an activating group) is 1. The van der Waals surface area contributed by atoms with E-state index in [0.29, 0.717) is 0 Å². The molecule has 0 aromatic carbocycles. The van der Waals surface area contributed by atoms with Gasteiger partial charge in [-0.05, 0) is 31.8 Å². The first-order valence-corrected chi connectivity index (χ1v) is 6.72. The van der Waals surface area contributed by atoms with E-state index in [2.05, 4.69) is 31.0 Å². The zero-order chi connectivity index (χ0) is 11.1. The number of rotatable bonds is 6. The predicted octanol–water partition coefficient (Wildman–Crippen LogP) is 2.50. The van der Waals surface area contributed by atoms with Gasteiger partial charge in [0.1, 0.15) is 0 Å². The standard InChI is InChI=1S/C13H28N2/c1-4-15(5-2)10-9-14-13-8-6-7-12(3)11-13/h12-14H,4-11H2,1-3H3/t12-,13+/m1/s1. The lowest BCUT2D eigenvalue weighted by Crippen LogP contribution is -2.39. The molecule has 0 saturated heterocycles. The number of nitrogens with one attached hydrogen (secondary N) is 1. The van der Waals surface area contributed by atoms with Crippen molar-refractivity contribution in [2.45, 2.75) is 52.5 Å². The summed E-state index contributed by atoms with van der Waals surface area (Å²) in [5.41, 5.74) is 0. The van der Waals surface area contributed by atoms with Crippen LogP contribution in [0.25, 0.3) is 0 Å². The normalized spacial score (nSPS) is 27.2. The molecule has 1 fully saturated rings. The van der Waals surface area contributed by atoms with Gasteiger partial charge in [-0.25, -0.2) is 0 Å². The fourth-order valence-corrected chi connectivity index (χ4v) is 2.59. The maximum absolute atomic E-state index is 3.71. The van der Waals surface area contributed by atoms with Crippen LogP contribution in [0.1, 0.15) is 46.5 Å². The molecule has 2 atom stereocenters. The minimum atomic E-state index is 0.796.